The minimum absolute atomic E-state index is 0.193. The molecule has 7 nitrogen and oxygen atoms in total. The number of methoxy groups -OCH3 is 1. The first-order valence-electron chi connectivity index (χ1n) is 7.88. The van der Waals surface area contributed by atoms with Gasteiger partial charge in [0, 0.05) is 32.2 Å². The molecule has 0 spiro atoms. The number of hydrogen-bond donors (Lipinski definition) is 2. The molecule has 1 aromatic heterocycles. The van der Waals surface area contributed by atoms with Crippen molar-refractivity contribution in [3.63, 3.8) is 0 Å². The lowest BCUT2D eigenvalue weighted by Crippen LogP contribution is -2.57. The highest BCUT2D eigenvalue weighted by atomic mass is 16.5. The summed E-state index contributed by atoms with van der Waals surface area (Å²) < 4.78 is 12.4. The molecule has 2 amide bonds. The van der Waals surface area contributed by atoms with Gasteiger partial charge in [-0.1, -0.05) is 0 Å². The number of ether oxygens (including phenoxy) is 2. The van der Waals surface area contributed by atoms with E-state index in [0.29, 0.717) is 12.5 Å². The van der Waals surface area contributed by atoms with Crippen LogP contribution in [0.3, 0.4) is 0 Å². The van der Waals surface area contributed by atoms with Gasteiger partial charge in [0.2, 0.25) is 0 Å². The Morgan fingerprint density at radius 2 is 2.45 bits per heavy atom. The molecule has 1 aliphatic carbocycles. The van der Waals surface area contributed by atoms with Crippen LogP contribution in [0, 0.1) is 5.92 Å². The van der Waals surface area contributed by atoms with Crippen molar-refractivity contribution in [1.82, 2.24) is 15.1 Å². The number of carbonyl (C=O) groups is 1. The molecule has 1 aromatic rings. The van der Waals surface area contributed by atoms with Gasteiger partial charge in [0.05, 0.1) is 24.9 Å². The first-order valence-corrected chi connectivity index (χ1v) is 7.88. The second-order valence-corrected chi connectivity index (χ2v) is 6.27. The van der Waals surface area contributed by atoms with E-state index in [9.17, 15) is 4.79 Å². The molecule has 1 saturated carbocycles. The highest BCUT2D eigenvalue weighted by Gasteiger charge is 2.38. The number of urea groups is 1. The number of anilines is 1. The van der Waals surface area contributed by atoms with E-state index in [4.69, 9.17) is 9.47 Å². The first kappa shape index (κ1) is 15.3. The quantitative estimate of drug-likeness (QED) is 0.837. The number of amides is 2. The van der Waals surface area contributed by atoms with E-state index in [1.54, 1.807) is 13.3 Å². The van der Waals surface area contributed by atoms with Crippen molar-refractivity contribution in [2.45, 2.75) is 37.8 Å². The lowest BCUT2D eigenvalue weighted by molar-refractivity contribution is 0.0648. The molecular weight excluding hydrogens is 284 g/mol. The Balaban J connectivity index is 1.56. The summed E-state index contributed by atoms with van der Waals surface area (Å²) in [6, 6.07) is 1.63. The molecule has 0 radical (unpaired) electrons. The summed E-state index contributed by atoms with van der Waals surface area (Å²) in [6.45, 7) is 2.90. The molecule has 22 heavy (non-hydrogen) atoms. The highest BCUT2D eigenvalue weighted by molar-refractivity contribution is 5.89. The number of nitrogens with zero attached hydrogens (tertiary/aromatic N) is 2. The Kier molecular flexibility index (Phi) is 4.63. The monoisotopic (exact) mass is 308 g/mol. The summed E-state index contributed by atoms with van der Waals surface area (Å²) in [5.74, 6) is 1.19. The van der Waals surface area contributed by atoms with Crippen molar-refractivity contribution < 1.29 is 14.3 Å². The molecule has 0 aromatic carbocycles. The fourth-order valence-corrected chi connectivity index (χ4v) is 3.13. The third-order valence-corrected chi connectivity index (χ3v) is 4.52. The lowest BCUT2D eigenvalue weighted by Gasteiger charge is -2.41. The molecule has 2 aliphatic rings. The van der Waals surface area contributed by atoms with E-state index in [1.165, 1.54) is 0 Å². The van der Waals surface area contributed by atoms with E-state index >= 15 is 0 Å². The molecule has 1 atom stereocenters. The third-order valence-electron chi connectivity index (χ3n) is 4.52. The molecule has 1 saturated heterocycles. The van der Waals surface area contributed by atoms with Crippen LogP contribution in [0.1, 0.15) is 25.7 Å². The van der Waals surface area contributed by atoms with Gasteiger partial charge in [-0.05, 0) is 25.7 Å². The zero-order valence-electron chi connectivity index (χ0n) is 13.0. The lowest BCUT2D eigenvalue weighted by atomic mass is 9.77. The van der Waals surface area contributed by atoms with E-state index in [-0.39, 0.29) is 11.6 Å². The van der Waals surface area contributed by atoms with Crippen LogP contribution in [0.5, 0.6) is 0 Å². The summed E-state index contributed by atoms with van der Waals surface area (Å²) >= 11 is 0. The van der Waals surface area contributed by atoms with E-state index in [0.717, 1.165) is 51.3 Å². The predicted octanol–water partition coefficient (Wildman–Crippen LogP) is 1.61. The van der Waals surface area contributed by atoms with Crippen LogP contribution in [-0.4, -0.2) is 48.3 Å². The minimum atomic E-state index is -0.205. The third kappa shape index (κ3) is 3.41. The normalized spacial score (nSPS) is 23.0. The van der Waals surface area contributed by atoms with Crippen molar-refractivity contribution in [3.05, 3.63) is 12.3 Å². The molecule has 2 N–H and O–H groups in total. The molecule has 2 fully saturated rings. The van der Waals surface area contributed by atoms with Crippen LogP contribution in [-0.2, 0) is 16.0 Å². The molecule has 0 bridgehead atoms. The number of rotatable bonds is 6. The second-order valence-electron chi connectivity index (χ2n) is 6.27. The van der Waals surface area contributed by atoms with Crippen molar-refractivity contribution in [2.24, 2.45) is 5.92 Å². The maximum absolute atomic E-state index is 12.2. The zero-order chi connectivity index (χ0) is 15.4. The van der Waals surface area contributed by atoms with E-state index in [1.807, 2.05) is 10.7 Å². The Labute approximate surface area is 130 Å². The van der Waals surface area contributed by atoms with Crippen LogP contribution in [0.2, 0.25) is 0 Å². The molecule has 1 aliphatic heterocycles. The van der Waals surface area contributed by atoms with Gasteiger partial charge in [0.25, 0.3) is 0 Å². The second kappa shape index (κ2) is 6.66. The topological polar surface area (TPSA) is 77.4 Å². The average Bonchev–Trinajstić information content (AvgIpc) is 3.10. The largest absolute Gasteiger partial charge is 0.382 e. The summed E-state index contributed by atoms with van der Waals surface area (Å²) in [7, 11) is 1.67. The molecule has 3 rings (SSSR count). The first-order chi connectivity index (χ1) is 10.7. The Hall–Kier alpha value is -1.60. The summed E-state index contributed by atoms with van der Waals surface area (Å²) in [5.41, 5.74) is -0.205. The van der Waals surface area contributed by atoms with Gasteiger partial charge >= 0.3 is 6.03 Å². The fourth-order valence-electron chi connectivity index (χ4n) is 3.13. The minimum Gasteiger partial charge on any atom is -0.382 e. The summed E-state index contributed by atoms with van der Waals surface area (Å²) in [5, 5.41) is 10.2. The zero-order valence-corrected chi connectivity index (χ0v) is 13.0. The van der Waals surface area contributed by atoms with Crippen LogP contribution in [0.15, 0.2) is 12.3 Å². The van der Waals surface area contributed by atoms with Gasteiger partial charge in [-0.25, -0.2) is 9.48 Å². The van der Waals surface area contributed by atoms with Gasteiger partial charge < -0.3 is 14.8 Å². The van der Waals surface area contributed by atoms with Gasteiger partial charge in [-0.15, -0.1) is 0 Å². The van der Waals surface area contributed by atoms with Crippen molar-refractivity contribution in [2.75, 3.05) is 32.2 Å². The van der Waals surface area contributed by atoms with Crippen LogP contribution < -0.4 is 10.6 Å². The van der Waals surface area contributed by atoms with Crippen molar-refractivity contribution in [1.29, 1.82) is 0 Å². The number of aromatic nitrogens is 2. The van der Waals surface area contributed by atoms with E-state index < -0.39 is 0 Å². The predicted molar refractivity (Wildman–Crippen MR) is 81.8 cm³/mol. The standard InChI is InChI=1S/C15H24N4O3/c1-21-11-15(5-2-6-15)18-14(20)17-13-3-7-16-19(13)9-12-4-8-22-10-12/h3,7,12H,2,4-6,8-11H2,1H3,(H2,17,18,20)/t12-/m0/s1. The summed E-state index contributed by atoms with van der Waals surface area (Å²) in [4.78, 5) is 12.2. The van der Waals surface area contributed by atoms with Gasteiger partial charge in [0.1, 0.15) is 5.82 Å². The number of hydrogen-bond acceptors (Lipinski definition) is 4. The maximum Gasteiger partial charge on any atom is 0.320 e. The Bertz CT molecular complexity index is 507. The smallest absolute Gasteiger partial charge is 0.320 e. The Morgan fingerprint density at radius 1 is 1.59 bits per heavy atom. The van der Waals surface area contributed by atoms with E-state index in [2.05, 4.69) is 15.7 Å². The van der Waals surface area contributed by atoms with Crippen LogP contribution in [0.4, 0.5) is 10.6 Å². The average molecular weight is 308 g/mol. The molecular formula is C15H24N4O3. The number of carbonyl (C=O) groups excluding carboxylic acids is 1. The molecule has 0 unspecified atom stereocenters. The van der Waals surface area contributed by atoms with Crippen molar-refractivity contribution in [3.8, 4) is 0 Å². The molecule has 7 heteroatoms. The highest BCUT2D eigenvalue weighted by Crippen LogP contribution is 2.32. The molecule has 122 valence electrons. The van der Waals surface area contributed by atoms with Crippen molar-refractivity contribution >= 4 is 11.8 Å². The fraction of sp³-hybridized carbons (Fsp3) is 0.733. The Morgan fingerprint density at radius 3 is 3.09 bits per heavy atom. The number of nitrogens with one attached hydrogen (secondary N) is 2. The SMILES string of the molecule is COCC1(NC(=O)Nc2ccnn2C[C@@H]2CCOC2)CCC1. The molecule has 2 heterocycles. The maximum atomic E-state index is 12.2. The summed E-state index contributed by atoms with van der Waals surface area (Å²) in [6.07, 6.45) is 5.81. The van der Waals surface area contributed by atoms with Crippen LogP contribution >= 0.6 is 0 Å². The van der Waals surface area contributed by atoms with Gasteiger partial charge in [0.15, 0.2) is 0 Å². The van der Waals surface area contributed by atoms with Crippen LogP contribution in [0.25, 0.3) is 0 Å². The van der Waals surface area contributed by atoms with Gasteiger partial charge in [-0.2, -0.15) is 5.10 Å². The van der Waals surface area contributed by atoms with Gasteiger partial charge in [-0.3, -0.25) is 5.32 Å².